The standard InChI is InChI=1S/C16H14O4/c1-20-16-10-14(18)7-5-11(16)6-8-15(19)12-3-2-4-13(17)9-12/h2-10,17-18H,1H3/b8-6+. The molecule has 2 rings (SSSR count). The maximum atomic E-state index is 11.9. The number of hydrogen-bond donors (Lipinski definition) is 2. The predicted octanol–water partition coefficient (Wildman–Crippen LogP) is 3.00. The molecule has 0 unspecified atom stereocenters. The molecule has 0 radical (unpaired) electrons. The molecule has 20 heavy (non-hydrogen) atoms. The topological polar surface area (TPSA) is 66.8 Å². The Kier molecular flexibility index (Phi) is 4.05. The van der Waals surface area contributed by atoms with Crippen molar-refractivity contribution in [1.82, 2.24) is 0 Å². The largest absolute Gasteiger partial charge is 0.508 e. The van der Waals surface area contributed by atoms with E-state index in [4.69, 9.17) is 4.74 Å². The molecule has 0 spiro atoms. The molecule has 0 aliphatic rings. The lowest BCUT2D eigenvalue weighted by atomic mass is 10.1. The lowest BCUT2D eigenvalue weighted by Crippen LogP contribution is -1.93. The fourth-order valence-corrected chi connectivity index (χ4v) is 1.76. The Balaban J connectivity index is 2.23. The van der Waals surface area contributed by atoms with E-state index in [1.807, 2.05) is 0 Å². The molecule has 0 saturated heterocycles. The van der Waals surface area contributed by atoms with E-state index in [0.29, 0.717) is 16.9 Å². The number of aromatic hydroxyl groups is 2. The van der Waals surface area contributed by atoms with Crippen molar-refractivity contribution >= 4 is 11.9 Å². The van der Waals surface area contributed by atoms with Crippen LogP contribution in [0, 0.1) is 0 Å². The van der Waals surface area contributed by atoms with E-state index in [1.165, 1.54) is 37.5 Å². The van der Waals surface area contributed by atoms with Gasteiger partial charge in [0.25, 0.3) is 0 Å². The van der Waals surface area contributed by atoms with Gasteiger partial charge < -0.3 is 14.9 Å². The predicted molar refractivity (Wildman–Crippen MR) is 76.1 cm³/mol. The van der Waals surface area contributed by atoms with Crippen molar-refractivity contribution in [3.05, 3.63) is 59.7 Å². The Morgan fingerprint density at radius 1 is 1.10 bits per heavy atom. The number of allylic oxidation sites excluding steroid dienone is 1. The van der Waals surface area contributed by atoms with Crippen molar-refractivity contribution in [1.29, 1.82) is 0 Å². The number of phenolic OH excluding ortho intramolecular Hbond substituents is 2. The first kappa shape index (κ1) is 13.7. The van der Waals surface area contributed by atoms with Gasteiger partial charge in [-0.25, -0.2) is 0 Å². The van der Waals surface area contributed by atoms with Crippen molar-refractivity contribution in [2.45, 2.75) is 0 Å². The number of ether oxygens (including phenoxy) is 1. The van der Waals surface area contributed by atoms with E-state index < -0.39 is 0 Å². The van der Waals surface area contributed by atoms with Crippen molar-refractivity contribution < 1.29 is 19.7 Å². The lowest BCUT2D eigenvalue weighted by Gasteiger charge is -2.04. The third-order valence-electron chi connectivity index (χ3n) is 2.76. The maximum Gasteiger partial charge on any atom is 0.185 e. The summed E-state index contributed by atoms with van der Waals surface area (Å²) >= 11 is 0. The van der Waals surface area contributed by atoms with Crippen molar-refractivity contribution in [2.75, 3.05) is 7.11 Å². The van der Waals surface area contributed by atoms with Crippen molar-refractivity contribution in [3.8, 4) is 17.2 Å². The molecule has 2 aromatic rings. The molecule has 0 heterocycles. The average Bonchev–Trinajstić information content (AvgIpc) is 2.45. The summed E-state index contributed by atoms with van der Waals surface area (Å²) in [5, 5.41) is 18.7. The Labute approximate surface area is 116 Å². The van der Waals surface area contributed by atoms with Gasteiger partial charge in [0.1, 0.15) is 17.2 Å². The number of carbonyl (C=O) groups is 1. The molecule has 0 atom stereocenters. The summed E-state index contributed by atoms with van der Waals surface area (Å²) < 4.78 is 5.12. The molecular weight excluding hydrogens is 256 g/mol. The second-order valence-electron chi connectivity index (χ2n) is 4.17. The fraction of sp³-hybridized carbons (Fsp3) is 0.0625. The molecule has 0 aliphatic heterocycles. The first-order chi connectivity index (χ1) is 9.60. The molecule has 2 N–H and O–H groups in total. The summed E-state index contributed by atoms with van der Waals surface area (Å²) in [6.45, 7) is 0. The van der Waals surface area contributed by atoms with Crippen LogP contribution in [0.2, 0.25) is 0 Å². The van der Waals surface area contributed by atoms with Crippen LogP contribution in [0.1, 0.15) is 15.9 Å². The number of rotatable bonds is 4. The van der Waals surface area contributed by atoms with Crippen LogP contribution in [0.3, 0.4) is 0 Å². The van der Waals surface area contributed by atoms with E-state index in [2.05, 4.69) is 0 Å². The van der Waals surface area contributed by atoms with Crippen LogP contribution >= 0.6 is 0 Å². The van der Waals surface area contributed by atoms with Gasteiger partial charge >= 0.3 is 0 Å². The number of carbonyl (C=O) groups excluding carboxylic acids is 1. The monoisotopic (exact) mass is 270 g/mol. The second kappa shape index (κ2) is 5.93. The summed E-state index contributed by atoms with van der Waals surface area (Å²) in [5.74, 6) is 0.394. The molecular formula is C16H14O4. The molecule has 0 aromatic heterocycles. The highest BCUT2D eigenvalue weighted by Crippen LogP contribution is 2.25. The van der Waals surface area contributed by atoms with E-state index in [9.17, 15) is 15.0 Å². The smallest absolute Gasteiger partial charge is 0.185 e. The molecule has 0 fully saturated rings. The Morgan fingerprint density at radius 2 is 1.85 bits per heavy atom. The summed E-state index contributed by atoms with van der Waals surface area (Å²) in [7, 11) is 1.49. The zero-order chi connectivity index (χ0) is 14.5. The molecule has 4 heteroatoms. The Morgan fingerprint density at radius 3 is 2.55 bits per heavy atom. The second-order valence-corrected chi connectivity index (χ2v) is 4.17. The first-order valence-corrected chi connectivity index (χ1v) is 5.98. The van der Waals surface area contributed by atoms with Crippen LogP contribution < -0.4 is 4.74 Å². The van der Waals surface area contributed by atoms with E-state index in [0.717, 1.165) is 0 Å². The first-order valence-electron chi connectivity index (χ1n) is 5.98. The van der Waals surface area contributed by atoms with Gasteiger partial charge in [-0.1, -0.05) is 12.1 Å². The van der Waals surface area contributed by atoms with Gasteiger partial charge in [0.2, 0.25) is 0 Å². The van der Waals surface area contributed by atoms with Gasteiger partial charge in [-0.2, -0.15) is 0 Å². The highest BCUT2D eigenvalue weighted by molar-refractivity contribution is 6.07. The van der Waals surface area contributed by atoms with Crippen LogP contribution in [-0.2, 0) is 0 Å². The Hall–Kier alpha value is -2.75. The van der Waals surface area contributed by atoms with Crippen LogP contribution in [0.25, 0.3) is 6.08 Å². The average molecular weight is 270 g/mol. The van der Waals surface area contributed by atoms with Gasteiger partial charge in [-0.3, -0.25) is 4.79 Å². The van der Waals surface area contributed by atoms with Crippen LogP contribution in [-0.4, -0.2) is 23.1 Å². The molecule has 0 saturated carbocycles. The number of phenols is 2. The molecule has 0 bridgehead atoms. The van der Waals surface area contributed by atoms with Gasteiger partial charge in [-0.05, 0) is 36.4 Å². The van der Waals surface area contributed by atoms with E-state index in [1.54, 1.807) is 24.3 Å². The number of benzene rings is 2. The fourth-order valence-electron chi connectivity index (χ4n) is 1.76. The van der Waals surface area contributed by atoms with Crippen LogP contribution in [0.15, 0.2) is 48.5 Å². The van der Waals surface area contributed by atoms with E-state index >= 15 is 0 Å². The van der Waals surface area contributed by atoms with Gasteiger partial charge in [0.05, 0.1) is 7.11 Å². The maximum absolute atomic E-state index is 11.9. The van der Waals surface area contributed by atoms with Crippen molar-refractivity contribution in [2.24, 2.45) is 0 Å². The quantitative estimate of drug-likeness (QED) is 0.662. The van der Waals surface area contributed by atoms with Gasteiger partial charge in [-0.15, -0.1) is 0 Å². The molecule has 102 valence electrons. The summed E-state index contributed by atoms with van der Waals surface area (Å²) in [4.78, 5) is 11.9. The SMILES string of the molecule is COc1cc(O)ccc1/C=C/C(=O)c1cccc(O)c1. The normalized spacial score (nSPS) is 10.7. The number of ketones is 1. The third kappa shape index (κ3) is 3.17. The zero-order valence-corrected chi connectivity index (χ0v) is 10.9. The minimum Gasteiger partial charge on any atom is -0.508 e. The molecule has 0 amide bonds. The Bertz CT molecular complexity index is 659. The molecule has 2 aromatic carbocycles. The highest BCUT2D eigenvalue weighted by atomic mass is 16.5. The lowest BCUT2D eigenvalue weighted by molar-refractivity contribution is 0.104. The summed E-state index contributed by atoms with van der Waals surface area (Å²) in [6.07, 6.45) is 2.99. The van der Waals surface area contributed by atoms with Gasteiger partial charge in [0, 0.05) is 17.2 Å². The number of methoxy groups -OCH3 is 1. The minimum atomic E-state index is -0.226. The highest BCUT2D eigenvalue weighted by Gasteiger charge is 2.04. The van der Waals surface area contributed by atoms with Crippen LogP contribution in [0.5, 0.6) is 17.2 Å². The van der Waals surface area contributed by atoms with Crippen molar-refractivity contribution in [3.63, 3.8) is 0 Å². The molecule has 4 nitrogen and oxygen atoms in total. The minimum absolute atomic E-state index is 0.0477. The molecule has 0 aliphatic carbocycles. The summed E-state index contributed by atoms with van der Waals surface area (Å²) in [5.41, 5.74) is 1.08. The number of hydrogen-bond acceptors (Lipinski definition) is 4. The van der Waals surface area contributed by atoms with Gasteiger partial charge in [0.15, 0.2) is 5.78 Å². The van der Waals surface area contributed by atoms with E-state index in [-0.39, 0.29) is 17.3 Å². The third-order valence-corrected chi connectivity index (χ3v) is 2.76. The summed E-state index contributed by atoms with van der Waals surface area (Å²) in [6, 6.07) is 10.8. The zero-order valence-electron chi connectivity index (χ0n) is 10.9. The van der Waals surface area contributed by atoms with Crippen LogP contribution in [0.4, 0.5) is 0 Å².